The number of ether oxygens (including phenoxy) is 3. The molecule has 0 bridgehead atoms. The van der Waals surface area contributed by atoms with Gasteiger partial charge in [0.1, 0.15) is 5.75 Å². The van der Waals surface area contributed by atoms with Crippen LogP contribution in [0.4, 0.5) is 11.4 Å². The molecule has 0 fully saturated rings. The first-order chi connectivity index (χ1) is 12.9. The van der Waals surface area contributed by atoms with Crippen LogP contribution in [-0.4, -0.2) is 37.1 Å². The number of rotatable bonds is 7. The number of nitrogens with zero attached hydrogens (tertiary/aromatic N) is 1. The molecule has 142 valence electrons. The van der Waals surface area contributed by atoms with Gasteiger partial charge in [-0.05, 0) is 31.2 Å². The van der Waals surface area contributed by atoms with Crippen molar-refractivity contribution in [3.05, 3.63) is 58.1 Å². The van der Waals surface area contributed by atoms with E-state index in [0.29, 0.717) is 11.4 Å². The molecule has 2 aromatic rings. The predicted octanol–water partition coefficient (Wildman–Crippen LogP) is 2.80. The zero-order chi connectivity index (χ0) is 20.0. The Morgan fingerprint density at radius 3 is 2.37 bits per heavy atom. The van der Waals surface area contributed by atoms with E-state index in [1.807, 2.05) is 0 Å². The minimum Gasteiger partial charge on any atom is -0.495 e. The number of nitrogens with one attached hydrogen (secondary N) is 1. The molecule has 0 aliphatic carbocycles. The van der Waals surface area contributed by atoms with Crippen molar-refractivity contribution >= 4 is 23.3 Å². The van der Waals surface area contributed by atoms with Gasteiger partial charge in [0, 0.05) is 6.07 Å². The van der Waals surface area contributed by atoms with E-state index < -0.39 is 22.9 Å². The molecule has 0 heterocycles. The Hall–Kier alpha value is -3.62. The van der Waals surface area contributed by atoms with E-state index in [0.717, 1.165) is 6.07 Å². The van der Waals surface area contributed by atoms with Crippen molar-refractivity contribution in [3.8, 4) is 11.5 Å². The lowest BCUT2D eigenvalue weighted by atomic mass is 10.2. The van der Waals surface area contributed by atoms with Gasteiger partial charge in [-0.1, -0.05) is 12.1 Å². The lowest BCUT2D eigenvalue weighted by Gasteiger charge is -2.15. The number of para-hydroxylation sites is 2. The number of nitro benzene ring substituents is 1. The lowest BCUT2D eigenvalue weighted by molar-refractivity contribution is -0.385. The minimum atomic E-state index is -1.14. The Bertz CT molecular complexity index is 867. The summed E-state index contributed by atoms with van der Waals surface area (Å²) in [5, 5.41) is 13.6. The SMILES string of the molecule is COc1ccccc1NC(=O)[C@@H](C)OC(=O)c1ccc(OC)c([N+](=O)[O-])c1. The van der Waals surface area contributed by atoms with Gasteiger partial charge in [-0.25, -0.2) is 4.79 Å². The van der Waals surface area contributed by atoms with Crippen LogP contribution in [0.3, 0.4) is 0 Å². The Morgan fingerprint density at radius 2 is 1.74 bits per heavy atom. The van der Waals surface area contributed by atoms with Gasteiger partial charge in [0.15, 0.2) is 11.9 Å². The van der Waals surface area contributed by atoms with Crippen LogP contribution in [-0.2, 0) is 9.53 Å². The van der Waals surface area contributed by atoms with Gasteiger partial charge in [0.2, 0.25) is 0 Å². The Balaban J connectivity index is 2.09. The third-order valence-electron chi connectivity index (χ3n) is 3.63. The number of hydrogen-bond acceptors (Lipinski definition) is 7. The zero-order valence-corrected chi connectivity index (χ0v) is 14.9. The molecule has 2 aromatic carbocycles. The average Bonchev–Trinajstić information content (AvgIpc) is 2.67. The summed E-state index contributed by atoms with van der Waals surface area (Å²) in [5.41, 5.74) is -0.0227. The summed E-state index contributed by atoms with van der Waals surface area (Å²) in [5.74, 6) is -0.979. The first-order valence-corrected chi connectivity index (χ1v) is 7.84. The lowest BCUT2D eigenvalue weighted by Crippen LogP contribution is -2.30. The van der Waals surface area contributed by atoms with Crippen LogP contribution in [0.2, 0.25) is 0 Å². The van der Waals surface area contributed by atoms with Crippen LogP contribution >= 0.6 is 0 Å². The van der Waals surface area contributed by atoms with Crippen molar-refractivity contribution in [2.24, 2.45) is 0 Å². The van der Waals surface area contributed by atoms with E-state index in [1.54, 1.807) is 24.3 Å². The van der Waals surface area contributed by atoms with Crippen LogP contribution in [0.15, 0.2) is 42.5 Å². The summed E-state index contributed by atoms with van der Waals surface area (Å²) in [6, 6.07) is 10.4. The monoisotopic (exact) mass is 374 g/mol. The van der Waals surface area contributed by atoms with Gasteiger partial charge < -0.3 is 19.5 Å². The number of methoxy groups -OCH3 is 2. The second kappa shape index (κ2) is 8.65. The number of anilines is 1. The molecule has 0 unspecified atom stereocenters. The molecular weight excluding hydrogens is 356 g/mol. The van der Waals surface area contributed by atoms with Crippen LogP contribution < -0.4 is 14.8 Å². The van der Waals surface area contributed by atoms with Crippen molar-refractivity contribution in [2.45, 2.75) is 13.0 Å². The van der Waals surface area contributed by atoms with Crippen LogP contribution in [0.5, 0.6) is 11.5 Å². The highest BCUT2D eigenvalue weighted by Gasteiger charge is 2.23. The molecule has 2 rings (SSSR count). The molecular formula is C18H18N2O7. The molecule has 1 atom stereocenters. The maximum atomic E-state index is 12.3. The first-order valence-electron chi connectivity index (χ1n) is 7.84. The van der Waals surface area contributed by atoms with Gasteiger partial charge in [-0.2, -0.15) is 0 Å². The molecule has 27 heavy (non-hydrogen) atoms. The highest BCUT2D eigenvalue weighted by atomic mass is 16.6. The number of hydrogen-bond donors (Lipinski definition) is 1. The van der Waals surface area contributed by atoms with Crippen molar-refractivity contribution in [1.29, 1.82) is 0 Å². The molecule has 9 heteroatoms. The van der Waals surface area contributed by atoms with Gasteiger partial charge in [0.25, 0.3) is 5.91 Å². The van der Waals surface area contributed by atoms with E-state index in [9.17, 15) is 19.7 Å². The maximum absolute atomic E-state index is 12.3. The Kier molecular flexibility index (Phi) is 6.32. The average molecular weight is 374 g/mol. The summed E-state index contributed by atoms with van der Waals surface area (Å²) >= 11 is 0. The number of carbonyl (C=O) groups excluding carboxylic acids is 2. The largest absolute Gasteiger partial charge is 0.495 e. The number of amides is 1. The summed E-state index contributed by atoms with van der Waals surface area (Å²) < 4.78 is 15.1. The first kappa shape index (κ1) is 19.7. The summed E-state index contributed by atoms with van der Waals surface area (Å²) in [4.78, 5) is 34.8. The summed E-state index contributed by atoms with van der Waals surface area (Å²) in [6.07, 6.45) is -1.14. The molecule has 1 N–H and O–H groups in total. The van der Waals surface area contributed by atoms with E-state index in [1.165, 1.54) is 33.3 Å². The standard InChI is InChI=1S/C18H18N2O7/c1-11(17(21)19-13-6-4-5-7-15(13)25-2)27-18(22)12-8-9-16(26-3)14(10-12)20(23)24/h4-11H,1-3H3,(H,19,21)/t11-/m1/s1. The highest BCUT2D eigenvalue weighted by Crippen LogP contribution is 2.28. The number of esters is 1. The molecule has 0 saturated heterocycles. The molecule has 0 aliphatic rings. The molecule has 0 aliphatic heterocycles. The minimum absolute atomic E-state index is 0.0125. The maximum Gasteiger partial charge on any atom is 0.339 e. The number of carbonyl (C=O) groups is 2. The number of benzene rings is 2. The normalized spacial score (nSPS) is 11.2. The fourth-order valence-electron chi connectivity index (χ4n) is 2.22. The van der Waals surface area contributed by atoms with Gasteiger partial charge >= 0.3 is 11.7 Å². The molecule has 0 saturated carbocycles. The van der Waals surface area contributed by atoms with Crippen LogP contribution in [0.1, 0.15) is 17.3 Å². The fourth-order valence-corrected chi connectivity index (χ4v) is 2.22. The van der Waals surface area contributed by atoms with Gasteiger partial charge in [0.05, 0.1) is 30.4 Å². The fraction of sp³-hybridized carbons (Fsp3) is 0.222. The third kappa shape index (κ3) is 4.72. The summed E-state index contributed by atoms with van der Waals surface area (Å²) in [7, 11) is 2.75. The number of nitro groups is 1. The van der Waals surface area contributed by atoms with Crippen molar-refractivity contribution in [2.75, 3.05) is 19.5 Å². The molecule has 0 aromatic heterocycles. The van der Waals surface area contributed by atoms with E-state index in [2.05, 4.69) is 5.32 Å². The topological polar surface area (TPSA) is 117 Å². The molecule has 0 radical (unpaired) electrons. The zero-order valence-electron chi connectivity index (χ0n) is 14.9. The molecule has 1 amide bonds. The Morgan fingerprint density at radius 1 is 1.07 bits per heavy atom. The highest BCUT2D eigenvalue weighted by molar-refractivity contribution is 5.98. The van der Waals surface area contributed by atoms with Gasteiger partial charge in [-0.15, -0.1) is 0 Å². The second-order valence-electron chi connectivity index (χ2n) is 5.38. The smallest absolute Gasteiger partial charge is 0.339 e. The van der Waals surface area contributed by atoms with Crippen molar-refractivity contribution in [1.82, 2.24) is 0 Å². The third-order valence-corrected chi connectivity index (χ3v) is 3.63. The summed E-state index contributed by atoms with van der Waals surface area (Å²) in [6.45, 7) is 1.39. The van der Waals surface area contributed by atoms with E-state index in [4.69, 9.17) is 14.2 Å². The van der Waals surface area contributed by atoms with Crippen LogP contribution in [0.25, 0.3) is 0 Å². The quantitative estimate of drug-likeness (QED) is 0.450. The Labute approximate surface area is 155 Å². The predicted molar refractivity (Wildman–Crippen MR) is 96.1 cm³/mol. The molecule has 0 spiro atoms. The molecule has 9 nitrogen and oxygen atoms in total. The van der Waals surface area contributed by atoms with E-state index in [-0.39, 0.29) is 17.0 Å². The van der Waals surface area contributed by atoms with Crippen molar-refractivity contribution in [3.63, 3.8) is 0 Å². The second-order valence-corrected chi connectivity index (χ2v) is 5.38. The van der Waals surface area contributed by atoms with Crippen LogP contribution in [0, 0.1) is 10.1 Å². The van der Waals surface area contributed by atoms with E-state index >= 15 is 0 Å². The van der Waals surface area contributed by atoms with Gasteiger partial charge in [-0.3, -0.25) is 14.9 Å². The van der Waals surface area contributed by atoms with Crippen molar-refractivity contribution < 1.29 is 28.7 Å².